The van der Waals surface area contributed by atoms with Crippen LogP contribution < -0.4 is 5.69 Å². The average molecular weight is 566 g/mol. The molecule has 0 amide bonds. The van der Waals surface area contributed by atoms with E-state index in [4.69, 9.17) is 4.98 Å². The number of para-hydroxylation sites is 2. The normalized spacial score (nSPS) is 14.7. The lowest BCUT2D eigenvalue weighted by Crippen LogP contribution is -2.36. The summed E-state index contributed by atoms with van der Waals surface area (Å²) in [6, 6.07) is 31.5. The zero-order chi connectivity index (χ0) is 28.9. The molecule has 212 valence electrons. The number of hydrogen-bond donors (Lipinski definition) is 1. The van der Waals surface area contributed by atoms with Gasteiger partial charge in [-0.05, 0) is 49.1 Å². The third-order valence-electron chi connectivity index (χ3n) is 8.64. The SMILES string of the molecule is Cc1cc2ncc3cc(-c4ccccc4)c(-c4ccc(CN5CCC(n6c(=O)[nH]c7ccccc76)CC5)cc4)nc3n2n1. The van der Waals surface area contributed by atoms with E-state index in [2.05, 4.69) is 74.6 Å². The van der Waals surface area contributed by atoms with Gasteiger partial charge in [0.1, 0.15) is 0 Å². The molecule has 1 aliphatic heterocycles. The Morgan fingerprint density at radius 3 is 2.47 bits per heavy atom. The lowest BCUT2D eigenvalue weighted by Gasteiger charge is -2.32. The first kappa shape index (κ1) is 25.6. The Labute approximate surface area is 248 Å². The summed E-state index contributed by atoms with van der Waals surface area (Å²) in [7, 11) is 0. The Hall–Kier alpha value is -5.08. The number of hydrogen-bond acceptors (Lipinski definition) is 5. The zero-order valence-electron chi connectivity index (χ0n) is 23.9. The largest absolute Gasteiger partial charge is 0.326 e. The number of fused-ring (bicyclic) bond motifs is 4. The number of nitrogens with zero attached hydrogens (tertiary/aromatic N) is 6. The fourth-order valence-electron chi connectivity index (χ4n) is 6.51. The van der Waals surface area contributed by atoms with Gasteiger partial charge in [0.05, 0.1) is 22.4 Å². The van der Waals surface area contributed by atoms with Gasteiger partial charge >= 0.3 is 5.69 Å². The third-order valence-corrected chi connectivity index (χ3v) is 8.64. The number of rotatable bonds is 5. The topological polar surface area (TPSA) is 84.1 Å². The summed E-state index contributed by atoms with van der Waals surface area (Å²) in [5, 5.41) is 5.62. The van der Waals surface area contributed by atoms with Crippen molar-refractivity contribution in [1.29, 1.82) is 0 Å². The van der Waals surface area contributed by atoms with Crippen LogP contribution in [-0.2, 0) is 6.54 Å². The van der Waals surface area contributed by atoms with Crippen LogP contribution in [0.5, 0.6) is 0 Å². The van der Waals surface area contributed by atoms with Crippen molar-refractivity contribution in [2.75, 3.05) is 13.1 Å². The van der Waals surface area contributed by atoms with Crippen LogP contribution in [0.25, 0.3) is 50.1 Å². The average Bonchev–Trinajstić information content (AvgIpc) is 3.60. The van der Waals surface area contributed by atoms with Crippen LogP contribution in [0, 0.1) is 6.92 Å². The molecule has 8 rings (SSSR count). The number of aromatic amines is 1. The van der Waals surface area contributed by atoms with Gasteiger partial charge in [-0.2, -0.15) is 9.61 Å². The highest BCUT2D eigenvalue weighted by Gasteiger charge is 2.24. The van der Waals surface area contributed by atoms with Gasteiger partial charge in [-0.25, -0.2) is 14.8 Å². The lowest BCUT2D eigenvalue weighted by atomic mass is 9.97. The number of imidazole rings is 1. The second kappa shape index (κ2) is 10.3. The number of likely N-dealkylation sites (tertiary alicyclic amines) is 1. The maximum atomic E-state index is 12.7. The smallest absolute Gasteiger partial charge is 0.306 e. The van der Waals surface area contributed by atoms with Gasteiger partial charge in [0, 0.05) is 54.5 Å². The standard InChI is InChI=1S/C35H31N7O/c1-23-19-32-36-21-27-20-29(25-7-3-2-4-8-25)33(38-34(27)42(32)39-23)26-13-11-24(12-14-26)22-40-17-15-28(16-18-40)41-31-10-6-5-9-30(31)37-35(41)43/h2-14,19-21,28H,15-18,22H2,1H3,(H,37,43). The Bertz CT molecular complexity index is 2150. The summed E-state index contributed by atoms with van der Waals surface area (Å²) in [5.74, 6) is 0. The summed E-state index contributed by atoms with van der Waals surface area (Å²) >= 11 is 0. The maximum Gasteiger partial charge on any atom is 0.326 e. The molecule has 1 aliphatic rings. The number of nitrogens with one attached hydrogen (secondary N) is 1. The minimum Gasteiger partial charge on any atom is -0.306 e. The Kier molecular flexibility index (Phi) is 6.15. The van der Waals surface area contributed by atoms with E-state index in [0.717, 1.165) is 88.3 Å². The highest BCUT2D eigenvalue weighted by molar-refractivity contribution is 5.90. The molecular weight excluding hydrogens is 534 g/mol. The van der Waals surface area contributed by atoms with Crippen LogP contribution in [0.4, 0.5) is 0 Å². The van der Waals surface area contributed by atoms with Crippen molar-refractivity contribution in [2.24, 2.45) is 0 Å². The zero-order valence-corrected chi connectivity index (χ0v) is 23.9. The minimum atomic E-state index is -0.00732. The highest BCUT2D eigenvalue weighted by Crippen LogP contribution is 2.34. The van der Waals surface area contributed by atoms with Gasteiger partial charge in [0.2, 0.25) is 0 Å². The van der Waals surface area contributed by atoms with E-state index >= 15 is 0 Å². The molecule has 8 heteroatoms. The molecule has 0 unspecified atom stereocenters. The molecule has 43 heavy (non-hydrogen) atoms. The summed E-state index contributed by atoms with van der Waals surface area (Å²) < 4.78 is 3.79. The molecule has 7 aromatic rings. The van der Waals surface area contributed by atoms with Gasteiger partial charge in [-0.1, -0.05) is 66.7 Å². The van der Waals surface area contributed by atoms with Crippen molar-refractivity contribution >= 4 is 27.7 Å². The molecule has 0 bridgehead atoms. The van der Waals surface area contributed by atoms with E-state index < -0.39 is 0 Å². The quantitative estimate of drug-likeness (QED) is 0.261. The van der Waals surface area contributed by atoms with Gasteiger partial charge < -0.3 is 4.98 Å². The van der Waals surface area contributed by atoms with Crippen molar-refractivity contribution < 1.29 is 0 Å². The predicted octanol–water partition coefficient (Wildman–Crippen LogP) is 6.40. The van der Waals surface area contributed by atoms with Crippen LogP contribution in [-0.4, -0.2) is 47.1 Å². The monoisotopic (exact) mass is 565 g/mol. The van der Waals surface area contributed by atoms with E-state index in [-0.39, 0.29) is 11.7 Å². The van der Waals surface area contributed by atoms with Gasteiger partial charge in [0.15, 0.2) is 11.3 Å². The van der Waals surface area contributed by atoms with Crippen LogP contribution in [0.1, 0.15) is 30.1 Å². The predicted molar refractivity (Wildman–Crippen MR) is 170 cm³/mol. The van der Waals surface area contributed by atoms with Gasteiger partial charge in [-0.3, -0.25) is 9.47 Å². The van der Waals surface area contributed by atoms with Crippen molar-refractivity contribution in [2.45, 2.75) is 32.4 Å². The van der Waals surface area contributed by atoms with Crippen molar-refractivity contribution in [3.05, 3.63) is 119 Å². The molecular formula is C35H31N7O. The summed E-state index contributed by atoms with van der Waals surface area (Å²) in [5.41, 5.74) is 9.86. The van der Waals surface area contributed by atoms with Crippen molar-refractivity contribution in [3.63, 3.8) is 0 Å². The molecule has 1 N–H and O–H groups in total. The molecule has 5 heterocycles. The lowest BCUT2D eigenvalue weighted by molar-refractivity contribution is 0.180. The number of piperidine rings is 1. The summed E-state index contributed by atoms with van der Waals surface area (Å²) in [6.45, 7) is 4.76. The molecule has 0 aliphatic carbocycles. The maximum absolute atomic E-state index is 12.7. The molecule has 1 fully saturated rings. The molecule has 4 aromatic heterocycles. The summed E-state index contributed by atoms with van der Waals surface area (Å²) in [6.07, 6.45) is 3.80. The van der Waals surface area contributed by atoms with E-state index in [1.807, 2.05) is 58.6 Å². The number of aromatic nitrogens is 6. The first-order chi connectivity index (χ1) is 21.1. The first-order valence-corrected chi connectivity index (χ1v) is 14.8. The van der Waals surface area contributed by atoms with E-state index in [0.29, 0.717) is 0 Å². The third kappa shape index (κ3) is 4.60. The molecule has 0 radical (unpaired) electrons. The fourth-order valence-corrected chi connectivity index (χ4v) is 6.51. The Morgan fingerprint density at radius 1 is 0.884 bits per heavy atom. The van der Waals surface area contributed by atoms with Crippen LogP contribution >= 0.6 is 0 Å². The minimum absolute atomic E-state index is 0.00732. The van der Waals surface area contributed by atoms with Crippen molar-refractivity contribution in [1.82, 2.24) is 34.0 Å². The second-order valence-corrected chi connectivity index (χ2v) is 11.5. The van der Waals surface area contributed by atoms with Crippen LogP contribution in [0.2, 0.25) is 0 Å². The van der Waals surface area contributed by atoms with E-state index in [1.54, 1.807) is 0 Å². The molecule has 0 saturated carbocycles. The van der Waals surface area contributed by atoms with Crippen molar-refractivity contribution in [3.8, 4) is 22.4 Å². The molecule has 1 saturated heterocycles. The van der Waals surface area contributed by atoms with Gasteiger partial charge in [-0.15, -0.1) is 0 Å². The first-order valence-electron chi connectivity index (χ1n) is 14.8. The second-order valence-electron chi connectivity index (χ2n) is 11.5. The molecule has 8 nitrogen and oxygen atoms in total. The number of benzene rings is 3. The van der Waals surface area contributed by atoms with Gasteiger partial charge in [0.25, 0.3) is 0 Å². The number of aryl methyl sites for hydroxylation is 1. The molecule has 3 aromatic carbocycles. The fraction of sp³-hybridized carbons (Fsp3) is 0.200. The molecule has 0 spiro atoms. The molecule has 0 atom stereocenters. The Morgan fingerprint density at radius 2 is 1.65 bits per heavy atom. The summed E-state index contributed by atoms with van der Waals surface area (Å²) in [4.78, 5) is 28.0. The highest BCUT2D eigenvalue weighted by atomic mass is 16.1. The van der Waals surface area contributed by atoms with E-state index in [9.17, 15) is 4.79 Å². The van der Waals surface area contributed by atoms with Crippen LogP contribution in [0.15, 0.2) is 102 Å². The number of pyridine rings is 1. The number of H-pyrrole nitrogens is 1. The van der Waals surface area contributed by atoms with Crippen LogP contribution in [0.3, 0.4) is 0 Å². The van der Waals surface area contributed by atoms with E-state index in [1.165, 1.54) is 5.56 Å². The Balaban J connectivity index is 1.06.